The molecule has 24 heavy (non-hydrogen) atoms. The van der Waals surface area contributed by atoms with Crippen molar-refractivity contribution < 1.29 is 14.6 Å². The molecule has 2 aromatic rings. The quantitative estimate of drug-likeness (QED) is 0.643. The summed E-state index contributed by atoms with van der Waals surface area (Å²) in [5, 5.41) is 13.9. The van der Waals surface area contributed by atoms with Gasteiger partial charge in [-0.15, -0.1) is 0 Å². The third-order valence-electron chi connectivity index (χ3n) is 3.60. The van der Waals surface area contributed by atoms with Gasteiger partial charge >= 0.3 is 0 Å². The molecule has 5 nitrogen and oxygen atoms in total. The van der Waals surface area contributed by atoms with Crippen molar-refractivity contribution in [1.29, 1.82) is 0 Å². The fourth-order valence-electron chi connectivity index (χ4n) is 2.12. The summed E-state index contributed by atoms with van der Waals surface area (Å²) in [6, 6.07) is 8.53. The number of phenolic OH excluding ortho intramolecular Hbond substituents is 1. The second kappa shape index (κ2) is 7.84. The van der Waals surface area contributed by atoms with Crippen LogP contribution in [0, 0.1) is 20.8 Å². The third-order valence-corrected chi connectivity index (χ3v) is 3.84. The second-order valence-corrected chi connectivity index (χ2v) is 5.87. The molecule has 0 aliphatic rings. The largest absolute Gasteiger partial charge is 0.507 e. The van der Waals surface area contributed by atoms with Crippen LogP contribution in [-0.4, -0.2) is 23.8 Å². The van der Waals surface area contributed by atoms with E-state index in [0.717, 1.165) is 16.7 Å². The van der Waals surface area contributed by atoms with Gasteiger partial charge in [0.2, 0.25) is 0 Å². The number of amides is 1. The number of aromatic hydroxyl groups is 1. The number of phenols is 1. The van der Waals surface area contributed by atoms with Gasteiger partial charge in [0.05, 0.1) is 6.21 Å². The number of nitrogens with zero attached hydrogens (tertiary/aromatic N) is 1. The van der Waals surface area contributed by atoms with Crippen LogP contribution in [0.15, 0.2) is 35.4 Å². The third kappa shape index (κ3) is 4.49. The van der Waals surface area contributed by atoms with Crippen molar-refractivity contribution >= 4 is 23.7 Å². The highest BCUT2D eigenvalue weighted by molar-refractivity contribution is 6.30. The fourth-order valence-corrected chi connectivity index (χ4v) is 2.30. The van der Waals surface area contributed by atoms with E-state index in [4.69, 9.17) is 16.3 Å². The number of hydrazone groups is 1. The molecule has 0 aromatic heterocycles. The first-order chi connectivity index (χ1) is 11.4. The average Bonchev–Trinajstić information content (AvgIpc) is 2.54. The zero-order chi connectivity index (χ0) is 17.7. The van der Waals surface area contributed by atoms with Crippen molar-refractivity contribution in [2.75, 3.05) is 6.61 Å². The number of aryl methyl sites for hydroxylation is 2. The van der Waals surface area contributed by atoms with Crippen LogP contribution < -0.4 is 10.2 Å². The summed E-state index contributed by atoms with van der Waals surface area (Å²) >= 11 is 5.84. The van der Waals surface area contributed by atoms with Gasteiger partial charge in [-0.05, 0) is 55.7 Å². The molecule has 6 heteroatoms. The predicted octanol–water partition coefficient (Wildman–Crippen LogP) is 3.50. The lowest BCUT2D eigenvalue weighted by atomic mass is 10.1. The Morgan fingerprint density at radius 2 is 1.96 bits per heavy atom. The molecule has 0 heterocycles. The smallest absolute Gasteiger partial charge is 0.277 e. The molecular formula is C18H19ClN2O3. The number of ether oxygens (including phenoxy) is 1. The number of halogens is 1. The van der Waals surface area contributed by atoms with Crippen LogP contribution in [0.4, 0.5) is 0 Å². The van der Waals surface area contributed by atoms with Crippen LogP contribution in [0.3, 0.4) is 0 Å². The molecular weight excluding hydrogens is 328 g/mol. The molecule has 2 N–H and O–H groups in total. The lowest BCUT2D eigenvalue weighted by molar-refractivity contribution is -0.123. The molecule has 0 saturated carbocycles. The Morgan fingerprint density at radius 1 is 1.25 bits per heavy atom. The molecule has 126 valence electrons. The van der Waals surface area contributed by atoms with Crippen LogP contribution in [-0.2, 0) is 4.79 Å². The summed E-state index contributed by atoms with van der Waals surface area (Å²) in [5.74, 6) is 0.342. The summed E-state index contributed by atoms with van der Waals surface area (Å²) in [5.41, 5.74) is 5.85. The van der Waals surface area contributed by atoms with Crippen molar-refractivity contribution in [3.8, 4) is 11.5 Å². The van der Waals surface area contributed by atoms with Crippen molar-refractivity contribution in [2.24, 2.45) is 5.10 Å². The normalized spacial score (nSPS) is 10.8. The molecule has 0 atom stereocenters. The highest BCUT2D eigenvalue weighted by Crippen LogP contribution is 2.25. The van der Waals surface area contributed by atoms with E-state index in [2.05, 4.69) is 10.5 Å². The van der Waals surface area contributed by atoms with E-state index < -0.39 is 5.91 Å². The van der Waals surface area contributed by atoms with Gasteiger partial charge in [0.25, 0.3) is 5.91 Å². The maximum Gasteiger partial charge on any atom is 0.277 e. The van der Waals surface area contributed by atoms with E-state index in [9.17, 15) is 9.90 Å². The Balaban J connectivity index is 1.94. The van der Waals surface area contributed by atoms with Crippen LogP contribution in [0.25, 0.3) is 0 Å². The van der Waals surface area contributed by atoms with Gasteiger partial charge in [-0.25, -0.2) is 5.43 Å². The minimum Gasteiger partial charge on any atom is -0.507 e. The summed E-state index contributed by atoms with van der Waals surface area (Å²) in [6.45, 7) is 5.73. The van der Waals surface area contributed by atoms with Crippen molar-refractivity contribution in [1.82, 2.24) is 5.43 Å². The maximum absolute atomic E-state index is 11.8. The van der Waals surface area contributed by atoms with Gasteiger partial charge in [0.1, 0.15) is 11.5 Å². The zero-order valence-corrected chi connectivity index (χ0v) is 14.5. The summed E-state index contributed by atoms with van der Waals surface area (Å²) in [7, 11) is 0. The number of carbonyl (C=O) groups is 1. The van der Waals surface area contributed by atoms with Crippen LogP contribution >= 0.6 is 11.6 Å². The second-order valence-electron chi connectivity index (χ2n) is 5.44. The van der Waals surface area contributed by atoms with Crippen molar-refractivity contribution in [3.05, 3.63) is 57.6 Å². The molecule has 2 rings (SSSR count). The van der Waals surface area contributed by atoms with Crippen LogP contribution in [0.2, 0.25) is 5.02 Å². The summed E-state index contributed by atoms with van der Waals surface area (Å²) < 4.78 is 5.60. The van der Waals surface area contributed by atoms with Gasteiger partial charge < -0.3 is 9.84 Å². The van der Waals surface area contributed by atoms with Gasteiger partial charge in [0.15, 0.2) is 6.61 Å². The van der Waals surface area contributed by atoms with Gasteiger partial charge in [-0.3, -0.25) is 4.79 Å². The number of nitrogens with one attached hydrogen (secondary N) is 1. The monoisotopic (exact) mass is 346 g/mol. The first-order valence-corrected chi connectivity index (χ1v) is 7.76. The minimum absolute atomic E-state index is 0.0275. The van der Waals surface area contributed by atoms with Crippen molar-refractivity contribution in [2.45, 2.75) is 20.8 Å². The standard InChI is InChI=1S/C18H19ClN2O3/c1-11-4-5-12(2)18(13(11)3)24-10-17(23)21-20-9-14-8-15(19)6-7-16(14)22/h4-9,22H,10H2,1-3H3,(H,21,23). The van der Waals surface area contributed by atoms with Crippen molar-refractivity contribution in [3.63, 3.8) is 0 Å². The highest BCUT2D eigenvalue weighted by atomic mass is 35.5. The molecule has 0 fully saturated rings. The van der Waals surface area contributed by atoms with E-state index in [1.54, 1.807) is 12.1 Å². The SMILES string of the molecule is Cc1ccc(C)c(OCC(=O)NN=Cc2cc(Cl)ccc2O)c1C. The van der Waals surface area contributed by atoms with E-state index >= 15 is 0 Å². The molecule has 0 unspecified atom stereocenters. The molecule has 1 amide bonds. The number of rotatable bonds is 5. The Bertz CT molecular complexity index is 788. The Kier molecular flexibility index (Phi) is 5.82. The first kappa shape index (κ1) is 17.8. The molecule has 0 spiro atoms. The molecule has 0 aliphatic carbocycles. The van der Waals surface area contributed by atoms with Gasteiger partial charge in [-0.1, -0.05) is 23.7 Å². The van der Waals surface area contributed by atoms with E-state index in [0.29, 0.717) is 16.3 Å². The lowest BCUT2D eigenvalue weighted by Crippen LogP contribution is -2.25. The van der Waals surface area contributed by atoms with E-state index in [-0.39, 0.29) is 12.4 Å². The van der Waals surface area contributed by atoms with Gasteiger partial charge in [-0.2, -0.15) is 5.10 Å². The molecule has 0 radical (unpaired) electrons. The highest BCUT2D eigenvalue weighted by Gasteiger charge is 2.09. The summed E-state index contributed by atoms with van der Waals surface area (Å²) in [6.07, 6.45) is 1.32. The van der Waals surface area contributed by atoms with E-state index in [1.165, 1.54) is 12.3 Å². The zero-order valence-electron chi connectivity index (χ0n) is 13.8. The topological polar surface area (TPSA) is 70.9 Å². The van der Waals surface area contributed by atoms with E-state index in [1.807, 2.05) is 32.9 Å². The predicted molar refractivity (Wildman–Crippen MR) is 95.0 cm³/mol. The first-order valence-electron chi connectivity index (χ1n) is 7.38. The average molecular weight is 347 g/mol. The van der Waals surface area contributed by atoms with Crippen LogP contribution in [0.1, 0.15) is 22.3 Å². The number of hydrogen-bond acceptors (Lipinski definition) is 4. The lowest BCUT2D eigenvalue weighted by Gasteiger charge is -2.13. The summed E-state index contributed by atoms with van der Waals surface area (Å²) in [4.78, 5) is 11.8. The Hall–Kier alpha value is -2.53. The minimum atomic E-state index is -0.395. The van der Waals surface area contributed by atoms with Gasteiger partial charge in [0, 0.05) is 10.6 Å². The Morgan fingerprint density at radius 3 is 2.71 bits per heavy atom. The molecule has 0 saturated heterocycles. The van der Waals surface area contributed by atoms with Crippen LogP contribution in [0.5, 0.6) is 11.5 Å². The molecule has 0 aliphatic heterocycles. The number of carbonyl (C=O) groups excluding carboxylic acids is 1. The number of hydrogen-bond donors (Lipinski definition) is 2. The Labute approximate surface area is 145 Å². The molecule has 2 aromatic carbocycles. The number of benzene rings is 2. The fraction of sp³-hybridized carbons (Fsp3) is 0.222. The maximum atomic E-state index is 11.8. The molecule has 0 bridgehead atoms.